The first-order valence-corrected chi connectivity index (χ1v) is 11.6. The number of benzene rings is 2. The summed E-state index contributed by atoms with van der Waals surface area (Å²) in [4.78, 5) is 26.0. The molecule has 6 heteroatoms. The number of carbonyl (C=O) groups is 1. The zero-order chi connectivity index (χ0) is 21.1. The Morgan fingerprint density at radius 2 is 1.52 bits per heavy atom. The molecule has 2 saturated carbocycles. The minimum absolute atomic E-state index is 0.00518. The molecule has 2 aromatic rings. The Morgan fingerprint density at radius 3 is 2.06 bits per heavy atom. The number of hydrogen-bond acceptors (Lipinski definition) is 4. The van der Waals surface area contributed by atoms with Crippen LogP contribution in [0.25, 0.3) is 0 Å². The molecule has 6 rings (SSSR count). The van der Waals surface area contributed by atoms with Crippen molar-refractivity contribution >= 4 is 23.0 Å². The van der Waals surface area contributed by atoms with E-state index in [1.54, 1.807) is 0 Å². The molecular weight excluding hydrogens is 390 g/mol. The van der Waals surface area contributed by atoms with Gasteiger partial charge in [-0.25, -0.2) is 0 Å². The van der Waals surface area contributed by atoms with Crippen molar-refractivity contribution < 1.29 is 9.72 Å². The maximum absolute atomic E-state index is 12.9. The van der Waals surface area contributed by atoms with Gasteiger partial charge in [0.05, 0.1) is 4.92 Å². The van der Waals surface area contributed by atoms with Crippen molar-refractivity contribution in [1.82, 2.24) is 0 Å². The van der Waals surface area contributed by atoms with Crippen LogP contribution >= 0.6 is 0 Å². The molecule has 0 spiro atoms. The molecule has 160 valence electrons. The first-order chi connectivity index (χ1) is 15.1. The average molecular weight is 418 g/mol. The quantitative estimate of drug-likeness (QED) is 0.532. The normalized spacial score (nSPS) is 27.9. The second-order valence-electron chi connectivity index (χ2n) is 9.76. The standard InChI is InChI=1S/C25H27N3O3/c29-25(15-7-9-19(10-8-15)28(30)31)26-18-11-22-20-5-1-3-16(20)13-27-14-17-4-2-6-21(17)23(12-18)24(22)27/h7-12,16-17,20-21H,1-6,13-14H2,(H,26,29)/t16-,17+,20-,21-/m0/s1. The largest absolute Gasteiger partial charge is 0.370 e. The lowest BCUT2D eigenvalue weighted by Gasteiger charge is -2.46. The van der Waals surface area contributed by atoms with E-state index in [0.717, 1.165) is 17.5 Å². The molecule has 4 aliphatic rings. The summed E-state index contributed by atoms with van der Waals surface area (Å²) in [5, 5.41) is 14.0. The Labute approximate surface area is 181 Å². The van der Waals surface area contributed by atoms with Crippen LogP contribution in [0.15, 0.2) is 36.4 Å². The predicted octanol–water partition coefficient (Wildman–Crippen LogP) is 5.45. The first-order valence-electron chi connectivity index (χ1n) is 11.6. The molecule has 2 heterocycles. The Balaban J connectivity index is 1.37. The topological polar surface area (TPSA) is 75.5 Å². The molecule has 2 aliphatic carbocycles. The maximum atomic E-state index is 12.9. The molecule has 0 aromatic heterocycles. The van der Waals surface area contributed by atoms with Gasteiger partial charge in [0.15, 0.2) is 0 Å². The van der Waals surface area contributed by atoms with Gasteiger partial charge in [-0.05, 0) is 84.7 Å². The number of anilines is 2. The summed E-state index contributed by atoms with van der Waals surface area (Å²) in [6.45, 7) is 2.39. The highest BCUT2D eigenvalue weighted by Crippen LogP contribution is 2.56. The van der Waals surface area contributed by atoms with Gasteiger partial charge in [-0.1, -0.05) is 12.8 Å². The summed E-state index contributed by atoms with van der Waals surface area (Å²) in [5.74, 6) is 2.48. The Morgan fingerprint density at radius 1 is 0.935 bits per heavy atom. The van der Waals surface area contributed by atoms with E-state index in [9.17, 15) is 14.9 Å². The molecule has 2 aromatic carbocycles. The van der Waals surface area contributed by atoms with Crippen molar-refractivity contribution in [2.75, 3.05) is 23.3 Å². The van der Waals surface area contributed by atoms with Crippen molar-refractivity contribution in [2.45, 2.75) is 50.4 Å². The molecule has 0 bridgehead atoms. The number of non-ortho nitro benzene ring substituents is 1. The Bertz CT molecular complexity index is 1020. The van der Waals surface area contributed by atoms with Crippen LogP contribution in [-0.4, -0.2) is 23.9 Å². The van der Waals surface area contributed by atoms with E-state index in [1.807, 2.05) is 0 Å². The molecule has 0 saturated heterocycles. The van der Waals surface area contributed by atoms with Crippen LogP contribution in [0.2, 0.25) is 0 Å². The zero-order valence-corrected chi connectivity index (χ0v) is 17.5. The summed E-state index contributed by atoms with van der Waals surface area (Å²) in [6, 6.07) is 10.2. The number of rotatable bonds is 3. The average Bonchev–Trinajstić information content (AvgIpc) is 3.43. The van der Waals surface area contributed by atoms with E-state index < -0.39 is 4.92 Å². The van der Waals surface area contributed by atoms with Gasteiger partial charge in [-0.3, -0.25) is 14.9 Å². The van der Waals surface area contributed by atoms with Gasteiger partial charge < -0.3 is 10.2 Å². The van der Waals surface area contributed by atoms with Gasteiger partial charge in [0.1, 0.15) is 0 Å². The van der Waals surface area contributed by atoms with Gasteiger partial charge in [-0.15, -0.1) is 0 Å². The number of fused-ring (bicyclic) bond motifs is 4. The fraction of sp³-hybridized carbons (Fsp3) is 0.480. The third kappa shape index (κ3) is 3.03. The van der Waals surface area contributed by atoms with Crippen molar-refractivity contribution in [3.8, 4) is 0 Å². The molecule has 31 heavy (non-hydrogen) atoms. The number of nitrogens with one attached hydrogen (secondary N) is 1. The van der Waals surface area contributed by atoms with Crippen LogP contribution in [0.1, 0.15) is 71.8 Å². The van der Waals surface area contributed by atoms with Crippen molar-refractivity contribution in [1.29, 1.82) is 0 Å². The van der Waals surface area contributed by atoms with Gasteiger partial charge in [-0.2, -0.15) is 0 Å². The van der Waals surface area contributed by atoms with Gasteiger partial charge in [0, 0.05) is 42.2 Å². The molecule has 6 nitrogen and oxygen atoms in total. The third-order valence-corrected chi connectivity index (χ3v) is 8.11. The maximum Gasteiger partial charge on any atom is 0.269 e. The number of nitro benzene ring substituents is 1. The highest BCUT2D eigenvalue weighted by atomic mass is 16.6. The number of amides is 1. The smallest absolute Gasteiger partial charge is 0.269 e. The first kappa shape index (κ1) is 18.8. The van der Waals surface area contributed by atoms with Crippen LogP contribution < -0.4 is 10.2 Å². The van der Waals surface area contributed by atoms with Crippen LogP contribution in [0, 0.1) is 22.0 Å². The van der Waals surface area contributed by atoms with Gasteiger partial charge in [0.25, 0.3) is 11.6 Å². The van der Waals surface area contributed by atoms with Crippen LogP contribution in [-0.2, 0) is 0 Å². The van der Waals surface area contributed by atoms with E-state index in [1.165, 1.54) is 92.7 Å². The molecule has 1 N–H and O–H groups in total. The van der Waals surface area contributed by atoms with E-state index >= 15 is 0 Å². The lowest BCUT2D eigenvalue weighted by molar-refractivity contribution is -0.384. The fourth-order valence-corrected chi connectivity index (χ4v) is 6.77. The third-order valence-electron chi connectivity index (χ3n) is 8.11. The molecule has 2 fully saturated rings. The lowest BCUT2D eigenvalue weighted by Crippen LogP contribution is -2.43. The minimum atomic E-state index is -0.447. The molecule has 1 amide bonds. The van der Waals surface area contributed by atoms with E-state index in [0.29, 0.717) is 17.4 Å². The summed E-state index contributed by atoms with van der Waals surface area (Å²) in [6.07, 6.45) is 7.71. The van der Waals surface area contributed by atoms with Crippen LogP contribution in [0.4, 0.5) is 17.1 Å². The summed E-state index contributed by atoms with van der Waals surface area (Å²) in [5.41, 5.74) is 5.66. The predicted molar refractivity (Wildman–Crippen MR) is 120 cm³/mol. The Kier molecular flexibility index (Phi) is 4.30. The monoisotopic (exact) mass is 417 g/mol. The highest BCUT2D eigenvalue weighted by Gasteiger charge is 2.44. The summed E-state index contributed by atoms with van der Waals surface area (Å²) < 4.78 is 0. The van der Waals surface area contributed by atoms with Crippen LogP contribution in [0.3, 0.4) is 0 Å². The van der Waals surface area contributed by atoms with Crippen molar-refractivity contribution in [3.63, 3.8) is 0 Å². The molecule has 2 aliphatic heterocycles. The highest BCUT2D eigenvalue weighted by molar-refractivity contribution is 6.04. The molecule has 4 atom stereocenters. The van der Waals surface area contributed by atoms with Crippen LogP contribution in [0.5, 0.6) is 0 Å². The molecule has 0 unspecified atom stereocenters. The van der Waals surface area contributed by atoms with E-state index in [-0.39, 0.29) is 11.6 Å². The minimum Gasteiger partial charge on any atom is -0.370 e. The zero-order valence-electron chi connectivity index (χ0n) is 17.5. The second-order valence-corrected chi connectivity index (χ2v) is 9.76. The second kappa shape index (κ2) is 7.08. The molecular formula is C25H27N3O3. The number of nitrogens with zero attached hydrogens (tertiary/aromatic N) is 2. The number of hydrogen-bond donors (Lipinski definition) is 1. The van der Waals surface area contributed by atoms with E-state index in [4.69, 9.17) is 0 Å². The van der Waals surface area contributed by atoms with Crippen molar-refractivity contribution in [2.24, 2.45) is 11.8 Å². The van der Waals surface area contributed by atoms with Crippen molar-refractivity contribution in [3.05, 3.63) is 63.2 Å². The summed E-state index contributed by atoms with van der Waals surface area (Å²) in [7, 11) is 0. The Hall–Kier alpha value is -2.89. The SMILES string of the molecule is O=C(Nc1cc2c3c(c1)[C@H]1CCC[C@H]1CN3C[C@H]1CCC[C@H]21)c1ccc([N+](=O)[O-])cc1. The molecule has 0 radical (unpaired) electrons. The fourth-order valence-electron chi connectivity index (χ4n) is 6.77. The lowest BCUT2D eigenvalue weighted by atomic mass is 9.75. The van der Waals surface area contributed by atoms with Gasteiger partial charge >= 0.3 is 0 Å². The number of nitro groups is 1. The summed E-state index contributed by atoms with van der Waals surface area (Å²) >= 11 is 0. The van der Waals surface area contributed by atoms with E-state index in [2.05, 4.69) is 22.3 Å². The number of carbonyl (C=O) groups excluding carboxylic acids is 1. The van der Waals surface area contributed by atoms with Gasteiger partial charge in [0.2, 0.25) is 0 Å².